The molecule has 0 aromatic carbocycles. The van der Waals surface area contributed by atoms with Crippen molar-refractivity contribution in [2.24, 2.45) is 5.92 Å². The first kappa shape index (κ1) is 14.8. The molecule has 3 saturated carbocycles. The summed E-state index contributed by atoms with van der Waals surface area (Å²) in [5, 5.41) is 0. The van der Waals surface area contributed by atoms with Gasteiger partial charge < -0.3 is 9.47 Å². The van der Waals surface area contributed by atoms with Crippen LogP contribution in [0.1, 0.15) is 83.5 Å². The lowest BCUT2D eigenvalue weighted by Crippen LogP contribution is -2.22. The van der Waals surface area contributed by atoms with Crippen LogP contribution in [-0.4, -0.2) is 24.9 Å². The molecule has 2 atom stereocenters. The highest BCUT2D eigenvalue weighted by Crippen LogP contribution is 2.33. The summed E-state index contributed by atoms with van der Waals surface area (Å²) in [6, 6.07) is 0. The van der Waals surface area contributed by atoms with Crippen LogP contribution in [0.15, 0.2) is 0 Å². The maximum absolute atomic E-state index is 6.32. The standard InChI is InChI=1S/C18H32O2/c1-2-8-17(9-3-1)20-18-11-10-15(14-18)12-13-19-16-6-4-5-7-16/h15-18H,1-14H2. The van der Waals surface area contributed by atoms with E-state index in [-0.39, 0.29) is 0 Å². The number of rotatable bonds is 6. The van der Waals surface area contributed by atoms with Crippen molar-refractivity contribution in [3.8, 4) is 0 Å². The van der Waals surface area contributed by atoms with Gasteiger partial charge in [-0.25, -0.2) is 0 Å². The summed E-state index contributed by atoms with van der Waals surface area (Å²) in [5.41, 5.74) is 0. The van der Waals surface area contributed by atoms with Crippen LogP contribution in [0.3, 0.4) is 0 Å². The van der Waals surface area contributed by atoms with E-state index in [4.69, 9.17) is 9.47 Å². The van der Waals surface area contributed by atoms with Gasteiger partial charge in [-0.15, -0.1) is 0 Å². The Labute approximate surface area is 124 Å². The molecule has 0 N–H and O–H groups in total. The van der Waals surface area contributed by atoms with Gasteiger partial charge in [0.25, 0.3) is 0 Å². The second kappa shape index (κ2) is 7.79. The molecule has 20 heavy (non-hydrogen) atoms. The van der Waals surface area contributed by atoms with Gasteiger partial charge in [0.15, 0.2) is 0 Å². The molecule has 3 aliphatic rings. The van der Waals surface area contributed by atoms with Gasteiger partial charge in [-0.05, 0) is 57.3 Å². The largest absolute Gasteiger partial charge is 0.378 e. The van der Waals surface area contributed by atoms with Gasteiger partial charge in [0, 0.05) is 6.61 Å². The van der Waals surface area contributed by atoms with E-state index in [0.29, 0.717) is 18.3 Å². The van der Waals surface area contributed by atoms with Crippen LogP contribution in [0.2, 0.25) is 0 Å². The molecule has 0 amide bonds. The maximum Gasteiger partial charge on any atom is 0.0581 e. The highest BCUT2D eigenvalue weighted by molar-refractivity contribution is 4.78. The van der Waals surface area contributed by atoms with Gasteiger partial charge in [0.1, 0.15) is 0 Å². The van der Waals surface area contributed by atoms with E-state index in [2.05, 4.69) is 0 Å². The normalized spacial score (nSPS) is 33.0. The number of hydrogen-bond donors (Lipinski definition) is 0. The van der Waals surface area contributed by atoms with Gasteiger partial charge >= 0.3 is 0 Å². The average molecular weight is 280 g/mol. The van der Waals surface area contributed by atoms with Crippen LogP contribution < -0.4 is 0 Å². The van der Waals surface area contributed by atoms with Crippen molar-refractivity contribution in [1.82, 2.24) is 0 Å². The first-order chi connectivity index (χ1) is 9.90. The van der Waals surface area contributed by atoms with Crippen molar-refractivity contribution >= 4 is 0 Å². The van der Waals surface area contributed by atoms with Crippen molar-refractivity contribution in [3.63, 3.8) is 0 Å². The fraction of sp³-hybridized carbons (Fsp3) is 1.00. The van der Waals surface area contributed by atoms with Crippen molar-refractivity contribution in [3.05, 3.63) is 0 Å². The van der Waals surface area contributed by atoms with Crippen LogP contribution in [0, 0.1) is 5.92 Å². The Morgan fingerprint density at radius 2 is 1.35 bits per heavy atom. The highest BCUT2D eigenvalue weighted by atomic mass is 16.5. The molecule has 3 rings (SSSR count). The van der Waals surface area contributed by atoms with Gasteiger partial charge in [-0.1, -0.05) is 32.1 Å². The molecule has 3 fully saturated rings. The van der Waals surface area contributed by atoms with Crippen LogP contribution >= 0.6 is 0 Å². The second-order valence-corrected chi connectivity index (χ2v) is 7.26. The summed E-state index contributed by atoms with van der Waals surface area (Å²) >= 11 is 0. The third kappa shape index (κ3) is 4.46. The average Bonchev–Trinajstić information content (AvgIpc) is 3.12. The summed E-state index contributed by atoms with van der Waals surface area (Å²) in [7, 11) is 0. The molecule has 2 heteroatoms. The van der Waals surface area contributed by atoms with Crippen molar-refractivity contribution < 1.29 is 9.47 Å². The summed E-state index contributed by atoms with van der Waals surface area (Å²) in [6.45, 7) is 0.992. The Hall–Kier alpha value is -0.0800. The van der Waals surface area contributed by atoms with E-state index in [1.54, 1.807) is 0 Å². The van der Waals surface area contributed by atoms with Crippen molar-refractivity contribution in [1.29, 1.82) is 0 Å². The minimum atomic E-state index is 0.564. The van der Waals surface area contributed by atoms with E-state index in [1.807, 2.05) is 0 Å². The van der Waals surface area contributed by atoms with Crippen LogP contribution in [-0.2, 0) is 9.47 Å². The molecule has 2 unspecified atom stereocenters. The molecular weight excluding hydrogens is 248 g/mol. The summed E-state index contributed by atoms with van der Waals surface area (Å²) in [5.74, 6) is 0.866. The molecule has 116 valence electrons. The zero-order valence-corrected chi connectivity index (χ0v) is 13.0. The van der Waals surface area contributed by atoms with Gasteiger partial charge in [-0.2, -0.15) is 0 Å². The number of ether oxygens (including phenoxy) is 2. The predicted octanol–water partition coefficient (Wildman–Crippen LogP) is 4.85. The smallest absolute Gasteiger partial charge is 0.0581 e. The Bertz CT molecular complexity index is 267. The van der Waals surface area contributed by atoms with E-state index >= 15 is 0 Å². The molecular formula is C18H32O2. The first-order valence-corrected chi connectivity index (χ1v) is 9.17. The zero-order chi connectivity index (χ0) is 13.6. The predicted molar refractivity (Wildman–Crippen MR) is 81.9 cm³/mol. The lowest BCUT2D eigenvalue weighted by molar-refractivity contribution is -0.0285. The van der Waals surface area contributed by atoms with Crippen LogP contribution in [0.4, 0.5) is 0 Å². The van der Waals surface area contributed by atoms with Gasteiger partial charge in [0.2, 0.25) is 0 Å². The Kier molecular flexibility index (Phi) is 5.78. The van der Waals surface area contributed by atoms with Crippen molar-refractivity contribution in [2.45, 2.75) is 102 Å². The van der Waals surface area contributed by atoms with Crippen LogP contribution in [0.5, 0.6) is 0 Å². The van der Waals surface area contributed by atoms with E-state index in [9.17, 15) is 0 Å². The second-order valence-electron chi connectivity index (χ2n) is 7.26. The fourth-order valence-corrected chi connectivity index (χ4v) is 4.34. The molecule has 3 aliphatic carbocycles. The molecule has 0 heterocycles. The molecule has 0 spiro atoms. The van der Waals surface area contributed by atoms with Gasteiger partial charge in [0.05, 0.1) is 18.3 Å². The molecule has 0 bridgehead atoms. The van der Waals surface area contributed by atoms with Crippen LogP contribution in [0.25, 0.3) is 0 Å². The summed E-state index contributed by atoms with van der Waals surface area (Å²) in [6.07, 6.45) is 19.1. The fourth-order valence-electron chi connectivity index (χ4n) is 4.34. The highest BCUT2D eigenvalue weighted by Gasteiger charge is 2.28. The summed E-state index contributed by atoms with van der Waals surface area (Å²) in [4.78, 5) is 0. The molecule has 0 radical (unpaired) electrons. The topological polar surface area (TPSA) is 18.5 Å². The minimum Gasteiger partial charge on any atom is -0.378 e. The Balaban J connectivity index is 1.28. The molecule has 0 aromatic heterocycles. The Morgan fingerprint density at radius 1 is 0.650 bits per heavy atom. The monoisotopic (exact) mass is 280 g/mol. The number of hydrogen-bond acceptors (Lipinski definition) is 2. The minimum absolute atomic E-state index is 0.564. The first-order valence-electron chi connectivity index (χ1n) is 9.17. The van der Waals surface area contributed by atoms with E-state index < -0.39 is 0 Å². The summed E-state index contributed by atoms with van der Waals surface area (Å²) < 4.78 is 12.3. The third-order valence-electron chi connectivity index (χ3n) is 5.61. The Morgan fingerprint density at radius 3 is 2.15 bits per heavy atom. The quantitative estimate of drug-likeness (QED) is 0.692. The zero-order valence-electron chi connectivity index (χ0n) is 13.0. The van der Waals surface area contributed by atoms with E-state index in [0.717, 1.165) is 12.5 Å². The SMILES string of the molecule is C1CCC(OC2CCC(CCOC3CCCC3)C2)CC1. The maximum atomic E-state index is 6.32. The van der Waals surface area contributed by atoms with Crippen molar-refractivity contribution in [2.75, 3.05) is 6.61 Å². The third-order valence-corrected chi connectivity index (χ3v) is 5.61. The lowest BCUT2D eigenvalue weighted by atomic mass is 9.97. The molecule has 0 aliphatic heterocycles. The molecule has 2 nitrogen and oxygen atoms in total. The van der Waals surface area contributed by atoms with Gasteiger partial charge in [-0.3, -0.25) is 0 Å². The van der Waals surface area contributed by atoms with E-state index in [1.165, 1.54) is 83.5 Å². The lowest BCUT2D eigenvalue weighted by Gasteiger charge is -2.25. The molecule has 0 aromatic rings. The molecule has 0 saturated heterocycles.